The van der Waals surface area contributed by atoms with Crippen LogP contribution in [0.25, 0.3) is 11.8 Å². The number of aryl methyl sites for hydroxylation is 1. The van der Waals surface area contributed by atoms with Crippen molar-refractivity contribution >= 4 is 28.9 Å². The van der Waals surface area contributed by atoms with Gasteiger partial charge in [-0.05, 0) is 85.3 Å². The quantitative estimate of drug-likeness (QED) is 0.494. The molecule has 0 spiro atoms. The van der Waals surface area contributed by atoms with Gasteiger partial charge in [0.1, 0.15) is 18.2 Å². The van der Waals surface area contributed by atoms with Crippen LogP contribution in [0.2, 0.25) is 0 Å². The molecule has 1 aliphatic rings. The van der Waals surface area contributed by atoms with Gasteiger partial charge in [-0.3, -0.25) is 14.7 Å². The minimum absolute atomic E-state index is 0.0388. The Labute approximate surface area is 191 Å². The molecule has 1 fully saturated rings. The van der Waals surface area contributed by atoms with Crippen LogP contribution in [0.1, 0.15) is 22.5 Å². The van der Waals surface area contributed by atoms with Crippen molar-refractivity contribution in [1.82, 2.24) is 9.47 Å². The van der Waals surface area contributed by atoms with E-state index < -0.39 is 0 Å². The summed E-state index contributed by atoms with van der Waals surface area (Å²) in [6.45, 7) is 4.46. The maximum absolute atomic E-state index is 13.0. The highest BCUT2D eigenvalue weighted by atomic mass is 32.2. The number of hydrogen-bond acceptors (Lipinski definition) is 4. The van der Waals surface area contributed by atoms with Crippen molar-refractivity contribution in [3.05, 3.63) is 87.8 Å². The predicted octanol–water partition coefficient (Wildman–Crippen LogP) is 5.34. The number of benzene rings is 2. The summed E-state index contributed by atoms with van der Waals surface area (Å²) in [4.78, 5) is 18.9. The van der Waals surface area contributed by atoms with Gasteiger partial charge in [0.15, 0.2) is 5.17 Å². The summed E-state index contributed by atoms with van der Waals surface area (Å²) in [5.74, 6) is 0.445. The number of hydrogen-bond donors (Lipinski definition) is 0. The number of ether oxygens (including phenoxy) is 1. The van der Waals surface area contributed by atoms with Crippen molar-refractivity contribution in [1.29, 1.82) is 0 Å². The standard InChI is InChI=1S/C25H24FN3O2S/c1-16-13-19(14-23-24(30)28(4)25(27-3)32-23)17(2)29(16)21-9-11-22(12-10-21)31-15-18-5-7-20(26)8-6-18/h5-14H,15H2,1-4H3/b23-14-,27-25?. The molecule has 164 valence electrons. The summed E-state index contributed by atoms with van der Waals surface area (Å²) >= 11 is 1.39. The van der Waals surface area contributed by atoms with Gasteiger partial charge in [-0.15, -0.1) is 0 Å². The van der Waals surface area contributed by atoms with E-state index in [1.54, 1.807) is 31.1 Å². The van der Waals surface area contributed by atoms with Gasteiger partial charge in [0.25, 0.3) is 5.91 Å². The first-order valence-electron chi connectivity index (χ1n) is 10.2. The molecule has 0 unspecified atom stereocenters. The Kier molecular flexibility index (Phi) is 6.19. The largest absolute Gasteiger partial charge is 0.489 e. The number of carbonyl (C=O) groups excluding carboxylic acids is 1. The Morgan fingerprint density at radius 3 is 2.41 bits per heavy atom. The molecule has 1 aliphatic heterocycles. The van der Waals surface area contributed by atoms with E-state index in [9.17, 15) is 9.18 Å². The molecule has 5 nitrogen and oxygen atoms in total. The van der Waals surface area contributed by atoms with E-state index in [0.29, 0.717) is 16.7 Å². The van der Waals surface area contributed by atoms with E-state index in [1.807, 2.05) is 44.2 Å². The fourth-order valence-electron chi connectivity index (χ4n) is 3.66. The van der Waals surface area contributed by atoms with Gasteiger partial charge < -0.3 is 9.30 Å². The van der Waals surface area contributed by atoms with Gasteiger partial charge in [0.2, 0.25) is 0 Å². The number of aromatic nitrogens is 1. The molecule has 0 atom stereocenters. The van der Waals surface area contributed by atoms with Crippen molar-refractivity contribution in [3.8, 4) is 11.4 Å². The Morgan fingerprint density at radius 1 is 1.09 bits per heavy atom. The number of likely N-dealkylation sites (N-methyl/N-ethyl adjacent to an activating group) is 1. The lowest BCUT2D eigenvalue weighted by atomic mass is 10.2. The number of amides is 1. The van der Waals surface area contributed by atoms with Gasteiger partial charge in [-0.2, -0.15) is 0 Å². The van der Waals surface area contributed by atoms with Crippen LogP contribution in [0.15, 0.2) is 64.5 Å². The SMILES string of the molecule is CN=C1S/C(=C\c2cc(C)n(-c3ccc(OCc4ccc(F)cc4)cc3)c2C)C(=O)N1C. The van der Waals surface area contributed by atoms with E-state index in [4.69, 9.17) is 4.74 Å². The van der Waals surface area contributed by atoms with Gasteiger partial charge in [-0.1, -0.05) is 12.1 Å². The predicted molar refractivity (Wildman–Crippen MR) is 128 cm³/mol. The van der Waals surface area contributed by atoms with E-state index in [-0.39, 0.29) is 11.7 Å². The lowest BCUT2D eigenvalue weighted by molar-refractivity contribution is -0.121. The number of amidine groups is 1. The summed E-state index contributed by atoms with van der Waals surface area (Å²) in [6, 6.07) is 16.2. The van der Waals surface area contributed by atoms with Crippen molar-refractivity contribution < 1.29 is 13.9 Å². The highest BCUT2D eigenvalue weighted by Crippen LogP contribution is 2.33. The second-order valence-corrected chi connectivity index (χ2v) is 8.56. The Bertz CT molecular complexity index is 1210. The van der Waals surface area contributed by atoms with Crippen molar-refractivity contribution in [2.24, 2.45) is 4.99 Å². The number of aliphatic imine (C=N–C) groups is 1. The second-order valence-electron chi connectivity index (χ2n) is 7.55. The van der Waals surface area contributed by atoms with Gasteiger partial charge in [0.05, 0.1) is 4.91 Å². The Hall–Kier alpha value is -3.32. The first-order chi connectivity index (χ1) is 15.4. The van der Waals surface area contributed by atoms with Crippen LogP contribution in [0, 0.1) is 19.7 Å². The third kappa shape index (κ3) is 4.34. The molecular formula is C25H24FN3O2S. The highest BCUT2D eigenvalue weighted by Gasteiger charge is 2.30. The normalized spacial score (nSPS) is 16.4. The summed E-state index contributed by atoms with van der Waals surface area (Å²) in [7, 11) is 3.43. The van der Waals surface area contributed by atoms with Crippen LogP contribution in [0.5, 0.6) is 5.75 Å². The molecular weight excluding hydrogens is 425 g/mol. The molecule has 0 aliphatic carbocycles. The number of thioether (sulfide) groups is 1. The number of rotatable bonds is 5. The first kappa shape index (κ1) is 21.9. The van der Waals surface area contributed by atoms with E-state index >= 15 is 0 Å². The first-order valence-corrected chi connectivity index (χ1v) is 11.0. The van der Waals surface area contributed by atoms with Crippen molar-refractivity contribution in [3.63, 3.8) is 0 Å². The maximum atomic E-state index is 13.0. The topological polar surface area (TPSA) is 46.8 Å². The van der Waals surface area contributed by atoms with Crippen LogP contribution in [0.3, 0.4) is 0 Å². The monoisotopic (exact) mass is 449 g/mol. The van der Waals surface area contributed by atoms with Gasteiger partial charge in [0, 0.05) is 31.2 Å². The zero-order chi connectivity index (χ0) is 22.8. The molecule has 0 N–H and O–H groups in total. The Morgan fingerprint density at radius 2 is 1.78 bits per heavy atom. The van der Waals surface area contributed by atoms with E-state index in [0.717, 1.165) is 34.0 Å². The van der Waals surface area contributed by atoms with Crippen molar-refractivity contribution in [2.45, 2.75) is 20.5 Å². The smallest absolute Gasteiger partial charge is 0.266 e. The number of carbonyl (C=O) groups is 1. The zero-order valence-corrected chi connectivity index (χ0v) is 19.2. The number of halogens is 1. The highest BCUT2D eigenvalue weighted by molar-refractivity contribution is 8.18. The fraction of sp³-hybridized carbons (Fsp3) is 0.200. The summed E-state index contributed by atoms with van der Waals surface area (Å²) in [5, 5.41) is 0.700. The molecule has 2 heterocycles. The minimum Gasteiger partial charge on any atom is -0.489 e. The van der Waals surface area contributed by atoms with E-state index in [2.05, 4.69) is 15.6 Å². The average molecular weight is 450 g/mol. The molecule has 1 amide bonds. The Balaban J connectivity index is 1.53. The van der Waals surface area contributed by atoms with E-state index in [1.165, 1.54) is 23.9 Å². The number of nitrogens with zero attached hydrogens (tertiary/aromatic N) is 3. The van der Waals surface area contributed by atoms with Crippen LogP contribution < -0.4 is 4.74 Å². The molecule has 0 bridgehead atoms. The fourth-order valence-corrected chi connectivity index (χ4v) is 4.58. The van der Waals surface area contributed by atoms with Crippen LogP contribution in [-0.4, -0.2) is 34.6 Å². The summed E-state index contributed by atoms with van der Waals surface area (Å²) < 4.78 is 21.0. The minimum atomic E-state index is -0.257. The summed E-state index contributed by atoms with van der Waals surface area (Å²) in [5.41, 5.74) is 5.04. The lowest BCUT2D eigenvalue weighted by Gasteiger charge is -2.11. The maximum Gasteiger partial charge on any atom is 0.266 e. The molecule has 1 saturated heterocycles. The van der Waals surface area contributed by atoms with Crippen LogP contribution in [0.4, 0.5) is 4.39 Å². The molecule has 2 aromatic carbocycles. The van der Waals surface area contributed by atoms with Crippen molar-refractivity contribution in [2.75, 3.05) is 14.1 Å². The molecule has 4 rings (SSSR count). The molecule has 1 aromatic heterocycles. The third-order valence-corrected chi connectivity index (χ3v) is 6.52. The lowest BCUT2D eigenvalue weighted by Crippen LogP contribution is -2.23. The summed E-state index contributed by atoms with van der Waals surface area (Å²) in [6.07, 6.45) is 1.93. The molecule has 0 saturated carbocycles. The van der Waals surface area contributed by atoms with Gasteiger partial charge in [-0.25, -0.2) is 4.39 Å². The van der Waals surface area contributed by atoms with Crippen LogP contribution >= 0.6 is 11.8 Å². The molecule has 7 heteroatoms. The third-order valence-electron chi connectivity index (χ3n) is 5.37. The van der Waals surface area contributed by atoms with Gasteiger partial charge >= 0.3 is 0 Å². The second kappa shape index (κ2) is 9.04. The molecule has 32 heavy (non-hydrogen) atoms. The van der Waals surface area contributed by atoms with Crippen LogP contribution in [-0.2, 0) is 11.4 Å². The average Bonchev–Trinajstić information content (AvgIpc) is 3.23. The molecule has 3 aromatic rings. The zero-order valence-electron chi connectivity index (χ0n) is 18.4. The molecule has 0 radical (unpaired) electrons.